The van der Waals surface area contributed by atoms with Crippen molar-refractivity contribution >= 4 is 31.9 Å². The van der Waals surface area contributed by atoms with Crippen LogP contribution >= 0.6 is 31.9 Å². The molecule has 6 N–H and O–H groups in total. The second-order valence-corrected chi connectivity index (χ2v) is 8.00. The molecule has 0 aliphatic carbocycles. The number of nitrogens with two attached hydrogens (primary N) is 2. The van der Waals surface area contributed by atoms with Crippen molar-refractivity contribution in [3.8, 4) is 11.5 Å². The summed E-state index contributed by atoms with van der Waals surface area (Å²) >= 11 is 6.69. The van der Waals surface area contributed by atoms with Crippen LogP contribution in [0.2, 0.25) is 0 Å². The van der Waals surface area contributed by atoms with Crippen LogP contribution in [-0.4, -0.2) is 35.6 Å². The van der Waals surface area contributed by atoms with Crippen LogP contribution in [0.3, 0.4) is 0 Å². The Bertz CT molecular complexity index is 724. The fourth-order valence-corrected chi connectivity index (χ4v) is 3.55. The molecule has 2 heterocycles. The van der Waals surface area contributed by atoms with Crippen LogP contribution in [0.1, 0.15) is 23.2 Å². The Morgan fingerprint density at radius 3 is 1.54 bits per heavy atom. The lowest BCUT2D eigenvalue weighted by Gasteiger charge is -2.27. The third-order valence-electron chi connectivity index (χ3n) is 4.31. The van der Waals surface area contributed by atoms with E-state index in [0.717, 1.165) is 31.6 Å². The Balaban J connectivity index is 0.000000151. The Morgan fingerprint density at radius 2 is 1.15 bits per heavy atom. The molecule has 26 heavy (non-hydrogen) atoms. The van der Waals surface area contributed by atoms with E-state index in [9.17, 15) is 10.2 Å². The van der Waals surface area contributed by atoms with Crippen molar-refractivity contribution in [2.75, 3.05) is 13.2 Å². The van der Waals surface area contributed by atoms with Crippen LogP contribution in [0.25, 0.3) is 0 Å². The van der Waals surface area contributed by atoms with Crippen molar-refractivity contribution in [1.29, 1.82) is 0 Å². The molecule has 2 aromatic carbocycles. The van der Waals surface area contributed by atoms with Gasteiger partial charge in [0.05, 0.1) is 12.1 Å². The normalized spacial score (nSPS) is 26.4. The molecule has 2 aromatic rings. The Morgan fingerprint density at radius 1 is 0.769 bits per heavy atom. The van der Waals surface area contributed by atoms with Gasteiger partial charge in [-0.15, -0.1) is 0 Å². The van der Waals surface area contributed by atoms with Crippen LogP contribution in [0.5, 0.6) is 11.5 Å². The van der Waals surface area contributed by atoms with Crippen LogP contribution < -0.4 is 20.9 Å². The lowest BCUT2D eigenvalue weighted by atomic mass is 9.99. The van der Waals surface area contributed by atoms with Crippen molar-refractivity contribution in [3.05, 3.63) is 56.5 Å². The van der Waals surface area contributed by atoms with Crippen LogP contribution in [-0.2, 0) is 0 Å². The van der Waals surface area contributed by atoms with Gasteiger partial charge < -0.3 is 31.2 Å². The highest BCUT2D eigenvalue weighted by Crippen LogP contribution is 2.33. The molecule has 2 aliphatic rings. The van der Waals surface area contributed by atoms with Crippen molar-refractivity contribution in [3.63, 3.8) is 0 Å². The first-order valence-corrected chi connectivity index (χ1v) is 9.67. The van der Waals surface area contributed by atoms with E-state index in [-0.39, 0.29) is 25.3 Å². The fourth-order valence-electron chi connectivity index (χ4n) is 2.79. The molecule has 0 bridgehead atoms. The van der Waals surface area contributed by atoms with Crippen molar-refractivity contribution in [2.24, 2.45) is 11.5 Å². The molecule has 8 heteroatoms. The minimum Gasteiger partial charge on any atom is -0.490 e. The van der Waals surface area contributed by atoms with E-state index < -0.39 is 12.2 Å². The SMILES string of the molecule is NC1c2cc(Br)ccc2OCC1O.N[C@H]1c2cc(Br)ccc2OC[C@@H]1O. The second kappa shape index (κ2) is 8.24. The zero-order valence-corrected chi connectivity index (χ0v) is 17.0. The van der Waals surface area contributed by atoms with Gasteiger partial charge in [0.1, 0.15) is 36.9 Å². The third kappa shape index (κ3) is 4.21. The quantitative estimate of drug-likeness (QED) is 0.454. The first kappa shape index (κ1) is 19.6. The number of hydrogen-bond donors (Lipinski definition) is 4. The smallest absolute Gasteiger partial charge is 0.124 e. The predicted molar refractivity (Wildman–Crippen MR) is 105 cm³/mol. The third-order valence-corrected chi connectivity index (χ3v) is 5.30. The maximum absolute atomic E-state index is 9.45. The zero-order chi connectivity index (χ0) is 18.8. The fraction of sp³-hybridized carbons (Fsp3) is 0.333. The lowest BCUT2D eigenvalue weighted by Crippen LogP contribution is -2.35. The first-order valence-electron chi connectivity index (χ1n) is 8.08. The molecule has 4 atom stereocenters. The molecule has 2 aliphatic heterocycles. The van der Waals surface area contributed by atoms with Gasteiger partial charge >= 0.3 is 0 Å². The maximum Gasteiger partial charge on any atom is 0.124 e. The van der Waals surface area contributed by atoms with E-state index in [2.05, 4.69) is 31.9 Å². The minimum atomic E-state index is -0.609. The number of hydrogen-bond acceptors (Lipinski definition) is 6. The standard InChI is InChI=1S/2C9H10BrNO2/c2*10-5-1-2-8-6(3-5)9(11)7(12)4-13-8/h2*1-3,7,9,12H,4,11H2/t7-,9-;/m0./s1. The number of halogens is 2. The number of aliphatic hydroxyl groups excluding tert-OH is 2. The number of benzene rings is 2. The monoisotopic (exact) mass is 486 g/mol. The van der Waals surface area contributed by atoms with Crippen LogP contribution in [0, 0.1) is 0 Å². The maximum atomic E-state index is 9.45. The topological polar surface area (TPSA) is 111 Å². The molecule has 0 fully saturated rings. The van der Waals surface area contributed by atoms with Gasteiger partial charge in [0.2, 0.25) is 0 Å². The molecule has 140 valence electrons. The highest BCUT2D eigenvalue weighted by molar-refractivity contribution is 9.10. The summed E-state index contributed by atoms with van der Waals surface area (Å²) in [5, 5.41) is 18.9. The first-order chi connectivity index (χ1) is 12.4. The summed E-state index contributed by atoms with van der Waals surface area (Å²) in [6.07, 6.45) is -1.22. The summed E-state index contributed by atoms with van der Waals surface area (Å²) in [4.78, 5) is 0. The van der Waals surface area contributed by atoms with E-state index in [4.69, 9.17) is 20.9 Å². The largest absolute Gasteiger partial charge is 0.490 e. The molecule has 0 saturated heterocycles. The lowest BCUT2D eigenvalue weighted by molar-refractivity contribution is 0.0678. The Labute approximate surface area is 168 Å². The van der Waals surface area contributed by atoms with Crippen LogP contribution in [0.15, 0.2) is 45.3 Å². The summed E-state index contributed by atoms with van der Waals surface area (Å²) in [6.45, 7) is 0.547. The summed E-state index contributed by atoms with van der Waals surface area (Å²) < 4.78 is 12.5. The van der Waals surface area contributed by atoms with Gasteiger partial charge in [0.25, 0.3) is 0 Å². The Kier molecular flexibility index (Phi) is 6.21. The van der Waals surface area contributed by atoms with Gasteiger partial charge in [-0.25, -0.2) is 0 Å². The van der Waals surface area contributed by atoms with Gasteiger partial charge in [-0.05, 0) is 36.4 Å². The van der Waals surface area contributed by atoms with E-state index in [1.807, 2.05) is 36.4 Å². The highest BCUT2D eigenvalue weighted by Gasteiger charge is 2.27. The molecule has 4 rings (SSSR count). The van der Waals surface area contributed by atoms with Gasteiger partial charge in [-0.3, -0.25) is 0 Å². The van der Waals surface area contributed by atoms with Crippen molar-refractivity contribution < 1.29 is 19.7 Å². The number of ether oxygens (including phenoxy) is 2. The molecule has 0 aromatic heterocycles. The molecule has 0 saturated carbocycles. The number of aliphatic hydroxyl groups is 2. The van der Waals surface area contributed by atoms with E-state index in [0.29, 0.717) is 0 Å². The molecular formula is C18H20Br2N2O4. The van der Waals surface area contributed by atoms with Crippen molar-refractivity contribution in [1.82, 2.24) is 0 Å². The van der Waals surface area contributed by atoms with Crippen molar-refractivity contribution in [2.45, 2.75) is 24.3 Å². The predicted octanol–water partition coefficient (Wildman–Crippen LogP) is 2.40. The minimum absolute atomic E-state index is 0.274. The second-order valence-electron chi connectivity index (χ2n) is 6.17. The highest BCUT2D eigenvalue weighted by atomic mass is 79.9. The molecular weight excluding hydrogens is 468 g/mol. The summed E-state index contributed by atoms with van der Waals surface area (Å²) in [6, 6.07) is 10.6. The average Bonchev–Trinajstić information content (AvgIpc) is 2.63. The van der Waals surface area contributed by atoms with E-state index in [1.54, 1.807) is 0 Å². The van der Waals surface area contributed by atoms with Crippen LogP contribution in [0.4, 0.5) is 0 Å². The van der Waals surface area contributed by atoms with Gasteiger partial charge in [-0.1, -0.05) is 31.9 Å². The molecule has 6 nitrogen and oxygen atoms in total. The summed E-state index contributed by atoms with van der Waals surface area (Å²) in [5.74, 6) is 1.53. The number of rotatable bonds is 0. The molecule has 2 unspecified atom stereocenters. The van der Waals surface area contributed by atoms with Gasteiger partial charge in [0, 0.05) is 20.1 Å². The van der Waals surface area contributed by atoms with Gasteiger partial charge in [0.15, 0.2) is 0 Å². The number of fused-ring (bicyclic) bond motifs is 2. The molecule has 0 radical (unpaired) electrons. The molecule has 0 spiro atoms. The zero-order valence-electron chi connectivity index (χ0n) is 13.8. The van der Waals surface area contributed by atoms with E-state index in [1.165, 1.54) is 0 Å². The average molecular weight is 488 g/mol. The molecule has 0 amide bonds. The Hall–Kier alpha value is -1.16. The summed E-state index contributed by atoms with van der Waals surface area (Å²) in [5.41, 5.74) is 13.3. The van der Waals surface area contributed by atoms with Gasteiger partial charge in [-0.2, -0.15) is 0 Å². The summed E-state index contributed by atoms with van der Waals surface area (Å²) in [7, 11) is 0. The van der Waals surface area contributed by atoms with E-state index >= 15 is 0 Å².